The standard InChI is InChI=1S/C10H14F2N4/c1-9-2-3-16(5-7-4-13-15-14-7)6-8(9)10(9,11)12/h4,8H,2-3,5-6H2,1H3,(H,13,14,15). The normalized spacial score (nSPS) is 37.1. The summed E-state index contributed by atoms with van der Waals surface area (Å²) in [6.45, 7) is 3.50. The van der Waals surface area contributed by atoms with Crippen LogP contribution in [0.4, 0.5) is 8.78 Å². The number of halogens is 2. The topological polar surface area (TPSA) is 44.8 Å². The third kappa shape index (κ3) is 1.22. The number of nitrogens with zero attached hydrogens (tertiary/aromatic N) is 3. The number of H-pyrrole nitrogens is 1. The van der Waals surface area contributed by atoms with Crippen molar-refractivity contribution < 1.29 is 8.78 Å². The molecule has 0 aromatic carbocycles. The van der Waals surface area contributed by atoms with Crippen molar-refractivity contribution in [3.63, 3.8) is 0 Å². The van der Waals surface area contributed by atoms with Gasteiger partial charge < -0.3 is 0 Å². The summed E-state index contributed by atoms with van der Waals surface area (Å²) in [5, 5.41) is 10.2. The summed E-state index contributed by atoms with van der Waals surface area (Å²) in [6.07, 6.45) is 2.21. The van der Waals surface area contributed by atoms with Crippen LogP contribution < -0.4 is 0 Å². The Balaban J connectivity index is 1.66. The molecular formula is C10H14F2N4. The summed E-state index contributed by atoms with van der Waals surface area (Å²) < 4.78 is 27.0. The molecule has 0 amide bonds. The van der Waals surface area contributed by atoms with E-state index < -0.39 is 17.3 Å². The van der Waals surface area contributed by atoms with E-state index in [1.165, 1.54) is 0 Å². The Labute approximate surface area is 92.0 Å². The number of likely N-dealkylation sites (tertiary alicyclic amines) is 1. The molecule has 0 spiro atoms. The molecule has 1 aromatic heterocycles. The van der Waals surface area contributed by atoms with Gasteiger partial charge in [0.15, 0.2) is 0 Å². The van der Waals surface area contributed by atoms with Crippen LogP contribution >= 0.6 is 0 Å². The van der Waals surface area contributed by atoms with Gasteiger partial charge in [0.2, 0.25) is 0 Å². The van der Waals surface area contributed by atoms with Crippen LogP contribution in [-0.2, 0) is 6.54 Å². The van der Waals surface area contributed by atoms with Gasteiger partial charge in [-0.15, -0.1) is 0 Å². The summed E-state index contributed by atoms with van der Waals surface area (Å²) in [5.41, 5.74) is 0.0698. The van der Waals surface area contributed by atoms with E-state index in [9.17, 15) is 8.78 Å². The lowest BCUT2D eigenvalue weighted by Crippen LogP contribution is -2.33. The maximum Gasteiger partial charge on any atom is 0.258 e. The average molecular weight is 228 g/mol. The number of hydrogen-bond donors (Lipinski definition) is 1. The van der Waals surface area contributed by atoms with Gasteiger partial charge in [-0.2, -0.15) is 15.4 Å². The highest BCUT2D eigenvalue weighted by molar-refractivity contribution is 5.18. The first-order chi connectivity index (χ1) is 7.54. The number of alkyl halides is 2. The van der Waals surface area contributed by atoms with Crippen LogP contribution in [0.1, 0.15) is 19.0 Å². The monoisotopic (exact) mass is 228 g/mol. The predicted octanol–water partition coefficient (Wildman–Crippen LogP) is 1.28. The zero-order valence-corrected chi connectivity index (χ0v) is 9.08. The Bertz CT molecular complexity index is 392. The van der Waals surface area contributed by atoms with Crippen molar-refractivity contribution in [1.29, 1.82) is 0 Å². The molecule has 1 aromatic rings. The van der Waals surface area contributed by atoms with Crippen LogP contribution in [0.3, 0.4) is 0 Å². The van der Waals surface area contributed by atoms with Gasteiger partial charge in [0.05, 0.1) is 11.9 Å². The second kappa shape index (κ2) is 3.00. The molecule has 1 aliphatic carbocycles. The van der Waals surface area contributed by atoms with Crippen LogP contribution in [0, 0.1) is 11.3 Å². The number of rotatable bonds is 2. The first-order valence-electron chi connectivity index (χ1n) is 5.49. The molecule has 1 N–H and O–H groups in total. The van der Waals surface area contributed by atoms with E-state index in [2.05, 4.69) is 15.4 Å². The molecule has 1 saturated heterocycles. The van der Waals surface area contributed by atoms with Crippen LogP contribution in [0.15, 0.2) is 6.20 Å². The van der Waals surface area contributed by atoms with E-state index in [-0.39, 0.29) is 0 Å². The Hall–Kier alpha value is -1.04. The Morgan fingerprint density at radius 3 is 3.06 bits per heavy atom. The molecule has 2 unspecified atom stereocenters. The van der Waals surface area contributed by atoms with Crippen LogP contribution in [0.2, 0.25) is 0 Å². The molecule has 2 aliphatic rings. The molecular weight excluding hydrogens is 214 g/mol. The fraction of sp³-hybridized carbons (Fsp3) is 0.800. The van der Waals surface area contributed by atoms with Crippen molar-refractivity contribution in [3.05, 3.63) is 11.9 Å². The number of aromatic nitrogens is 3. The van der Waals surface area contributed by atoms with Crippen molar-refractivity contribution in [2.45, 2.75) is 25.8 Å². The Morgan fingerprint density at radius 2 is 2.44 bits per heavy atom. The zero-order chi connectivity index (χ0) is 11.4. The van der Waals surface area contributed by atoms with Gasteiger partial charge in [-0.1, -0.05) is 6.92 Å². The van der Waals surface area contributed by atoms with E-state index in [0.717, 1.165) is 12.2 Å². The molecule has 0 radical (unpaired) electrons. The molecule has 0 bridgehead atoms. The van der Waals surface area contributed by atoms with E-state index in [4.69, 9.17) is 0 Å². The molecule has 6 heteroatoms. The lowest BCUT2D eigenvalue weighted by molar-refractivity contribution is 0.0636. The third-order valence-corrected chi connectivity index (χ3v) is 4.12. The Kier molecular flexibility index (Phi) is 1.90. The summed E-state index contributed by atoms with van der Waals surface area (Å²) >= 11 is 0. The first kappa shape index (κ1) is 10.1. The minimum Gasteiger partial charge on any atom is -0.297 e. The largest absolute Gasteiger partial charge is 0.297 e. The van der Waals surface area contributed by atoms with Crippen molar-refractivity contribution >= 4 is 0 Å². The maximum absolute atomic E-state index is 13.5. The smallest absolute Gasteiger partial charge is 0.258 e. The minimum atomic E-state index is -2.47. The minimum absolute atomic E-state index is 0.469. The fourth-order valence-electron chi connectivity index (χ4n) is 2.75. The van der Waals surface area contributed by atoms with Crippen molar-refractivity contribution in [1.82, 2.24) is 20.3 Å². The van der Waals surface area contributed by atoms with Crippen LogP contribution in [-0.4, -0.2) is 39.3 Å². The average Bonchev–Trinajstić information content (AvgIpc) is 2.63. The van der Waals surface area contributed by atoms with E-state index in [1.54, 1.807) is 13.1 Å². The molecule has 2 atom stereocenters. The van der Waals surface area contributed by atoms with Gasteiger partial charge in [0.1, 0.15) is 0 Å². The molecule has 1 saturated carbocycles. The molecule has 88 valence electrons. The molecule has 3 rings (SSSR count). The lowest BCUT2D eigenvalue weighted by atomic mass is 9.97. The highest BCUT2D eigenvalue weighted by Gasteiger charge is 2.78. The number of hydrogen-bond acceptors (Lipinski definition) is 3. The van der Waals surface area contributed by atoms with Gasteiger partial charge in [0.25, 0.3) is 5.92 Å². The summed E-state index contributed by atoms with van der Waals surface area (Å²) in [5.74, 6) is -2.94. The van der Waals surface area contributed by atoms with E-state index in [1.807, 2.05) is 4.90 Å². The highest BCUT2D eigenvalue weighted by atomic mass is 19.3. The first-order valence-corrected chi connectivity index (χ1v) is 5.49. The molecule has 2 heterocycles. The zero-order valence-electron chi connectivity index (χ0n) is 9.08. The lowest BCUT2D eigenvalue weighted by Gasteiger charge is -2.27. The molecule has 1 aliphatic heterocycles. The molecule has 2 fully saturated rings. The Morgan fingerprint density at radius 1 is 1.62 bits per heavy atom. The molecule has 4 nitrogen and oxygen atoms in total. The van der Waals surface area contributed by atoms with Crippen molar-refractivity contribution in [2.75, 3.05) is 13.1 Å². The van der Waals surface area contributed by atoms with Gasteiger partial charge in [-0.25, -0.2) is 8.78 Å². The quantitative estimate of drug-likeness (QED) is 0.829. The summed E-state index contributed by atoms with van der Waals surface area (Å²) in [4.78, 5) is 2.03. The van der Waals surface area contributed by atoms with Gasteiger partial charge in [-0.05, 0) is 13.0 Å². The second-order valence-electron chi connectivity index (χ2n) is 5.04. The highest BCUT2D eigenvalue weighted by Crippen LogP contribution is 2.69. The predicted molar refractivity (Wildman–Crippen MR) is 52.8 cm³/mol. The third-order valence-electron chi connectivity index (χ3n) is 4.12. The number of piperidine rings is 1. The van der Waals surface area contributed by atoms with Crippen molar-refractivity contribution in [3.8, 4) is 0 Å². The number of nitrogens with one attached hydrogen (secondary N) is 1. The van der Waals surface area contributed by atoms with Gasteiger partial charge in [0, 0.05) is 24.4 Å². The van der Waals surface area contributed by atoms with Gasteiger partial charge >= 0.3 is 0 Å². The van der Waals surface area contributed by atoms with Crippen LogP contribution in [0.25, 0.3) is 0 Å². The fourth-order valence-corrected chi connectivity index (χ4v) is 2.75. The van der Waals surface area contributed by atoms with E-state index >= 15 is 0 Å². The molecule has 16 heavy (non-hydrogen) atoms. The summed E-state index contributed by atoms with van der Waals surface area (Å²) in [7, 11) is 0. The number of fused-ring (bicyclic) bond motifs is 1. The van der Waals surface area contributed by atoms with Gasteiger partial charge in [-0.3, -0.25) is 4.90 Å². The van der Waals surface area contributed by atoms with Crippen molar-refractivity contribution in [2.24, 2.45) is 11.3 Å². The maximum atomic E-state index is 13.5. The number of aromatic amines is 1. The SMILES string of the molecule is CC12CCN(Cc3cn[nH]n3)CC1C2(F)F. The second-order valence-corrected chi connectivity index (χ2v) is 5.04. The van der Waals surface area contributed by atoms with Crippen LogP contribution in [0.5, 0.6) is 0 Å². The summed E-state index contributed by atoms with van der Waals surface area (Å²) in [6, 6.07) is 0. The van der Waals surface area contributed by atoms with E-state index in [0.29, 0.717) is 19.5 Å².